The molecule has 3 heterocycles. The van der Waals surface area contributed by atoms with E-state index in [1.165, 1.54) is 12.1 Å². The molecular weight excluding hydrogens is 364 g/mol. The Morgan fingerprint density at radius 1 is 0.893 bits per heavy atom. The maximum absolute atomic E-state index is 13.9. The zero-order valence-electron chi connectivity index (χ0n) is 16.1. The number of anilines is 2. The molecule has 0 radical (unpaired) electrons. The van der Waals surface area contributed by atoms with Crippen molar-refractivity contribution < 1.29 is 13.5 Å². The van der Waals surface area contributed by atoms with Gasteiger partial charge < -0.3 is 14.5 Å². The largest absolute Gasteiger partial charge is 0.378 e. The average molecular weight is 389 g/mol. The quantitative estimate of drug-likeness (QED) is 0.799. The molecule has 0 bridgehead atoms. The second-order valence-corrected chi connectivity index (χ2v) is 7.23. The summed E-state index contributed by atoms with van der Waals surface area (Å²) < 4.78 is 32.7. The van der Waals surface area contributed by atoms with Gasteiger partial charge in [0.25, 0.3) is 0 Å². The van der Waals surface area contributed by atoms with Gasteiger partial charge in [0.1, 0.15) is 29.1 Å². The topological polar surface area (TPSA) is 44.7 Å². The van der Waals surface area contributed by atoms with Crippen LogP contribution in [0.4, 0.5) is 20.4 Å². The molecule has 0 atom stereocenters. The van der Waals surface area contributed by atoms with E-state index in [0.717, 1.165) is 62.8 Å². The summed E-state index contributed by atoms with van der Waals surface area (Å²) in [4.78, 5) is 15.8. The Kier molecular flexibility index (Phi) is 5.68. The van der Waals surface area contributed by atoms with Crippen molar-refractivity contribution in [3.05, 3.63) is 47.3 Å². The molecule has 2 saturated heterocycles. The van der Waals surface area contributed by atoms with Gasteiger partial charge in [0.2, 0.25) is 0 Å². The van der Waals surface area contributed by atoms with Gasteiger partial charge in [-0.25, -0.2) is 18.7 Å². The van der Waals surface area contributed by atoms with Gasteiger partial charge in [0, 0.05) is 57.4 Å². The number of hydrogen-bond acceptors (Lipinski definition) is 6. The monoisotopic (exact) mass is 389 g/mol. The van der Waals surface area contributed by atoms with E-state index in [1.807, 2.05) is 13.0 Å². The fourth-order valence-electron chi connectivity index (χ4n) is 3.69. The van der Waals surface area contributed by atoms with Gasteiger partial charge in [-0.15, -0.1) is 0 Å². The lowest BCUT2D eigenvalue weighted by Crippen LogP contribution is -2.46. The summed E-state index contributed by atoms with van der Waals surface area (Å²) in [6.45, 7) is 8.55. The van der Waals surface area contributed by atoms with E-state index in [4.69, 9.17) is 4.74 Å². The normalized spacial score (nSPS) is 18.5. The van der Waals surface area contributed by atoms with Crippen LogP contribution >= 0.6 is 0 Å². The van der Waals surface area contributed by atoms with Crippen LogP contribution in [0.1, 0.15) is 11.4 Å². The maximum Gasteiger partial charge on any atom is 0.134 e. The molecule has 0 spiro atoms. The van der Waals surface area contributed by atoms with Gasteiger partial charge in [-0.1, -0.05) is 0 Å². The van der Waals surface area contributed by atoms with Crippen molar-refractivity contribution in [3.63, 3.8) is 0 Å². The van der Waals surface area contributed by atoms with E-state index < -0.39 is 5.82 Å². The summed E-state index contributed by atoms with van der Waals surface area (Å²) in [5.41, 5.74) is 0.404. The second kappa shape index (κ2) is 8.36. The van der Waals surface area contributed by atoms with Crippen LogP contribution in [0.25, 0.3) is 0 Å². The number of morpholine rings is 1. The number of hydrogen-bond donors (Lipinski definition) is 0. The molecule has 0 aliphatic carbocycles. The predicted molar refractivity (Wildman–Crippen MR) is 104 cm³/mol. The lowest BCUT2D eigenvalue weighted by molar-refractivity contribution is 0.122. The van der Waals surface area contributed by atoms with Crippen LogP contribution in [-0.4, -0.2) is 67.4 Å². The molecule has 1 aromatic heterocycles. The van der Waals surface area contributed by atoms with Crippen LogP contribution in [0, 0.1) is 18.6 Å². The Hall–Kier alpha value is -2.32. The van der Waals surface area contributed by atoms with Crippen molar-refractivity contribution in [2.24, 2.45) is 0 Å². The summed E-state index contributed by atoms with van der Waals surface area (Å²) in [5, 5.41) is 0. The molecule has 0 amide bonds. The minimum atomic E-state index is -0.401. The van der Waals surface area contributed by atoms with Crippen LogP contribution in [0.2, 0.25) is 0 Å². The average Bonchev–Trinajstić information content (AvgIpc) is 2.71. The Morgan fingerprint density at radius 3 is 2.21 bits per heavy atom. The predicted octanol–water partition coefficient (Wildman–Crippen LogP) is 2.22. The van der Waals surface area contributed by atoms with Gasteiger partial charge >= 0.3 is 0 Å². The van der Waals surface area contributed by atoms with E-state index in [9.17, 15) is 8.78 Å². The summed E-state index contributed by atoms with van der Waals surface area (Å²) in [6.07, 6.45) is 0. The summed E-state index contributed by atoms with van der Waals surface area (Å²) in [5.74, 6) is 1.86. The third-order valence-corrected chi connectivity index (χ3v) is 5.24. The highest BCUT2D eigenvalue weighted by Crippen LogP contribution is 2.22. The number of aryl methyl sites for hydroxylation is 1. The first-order valence-electron chi connectivity index (χ1n) is 9.68. The summed E-state index contributed by atoms with van der Waals surface area (Å²) >= 11 is 0. The van der Waals surface area contributed by atoms with E-state index in [-0.39, 0.29) is 5.82 Å². The highest BCUT2D eigenvalue weighted by molar-refractivity contribution is 5.51. The Labute approximate surface area is 163 Å². The molecule has 0 saturated carbocycles. The van der Waals surface area contributed by atoms with Crippen LogP contribution in [0.5, 0.6) is 0 Å². The van der Waals surface area contributed by atoms with Crippen LogP contribution in [0.15, 0.2) is 24.3 Å². The molecule has 4 rings (SSSR count). The van der Waals surface area contributed by atoms with Crippen molar-refractivity contribution in [1.29, 1.82) is 0 Å². The first kappa shape index (κ1) is 19.0. The van der Waals surface area contributed by atoms with Crippen molar-refractivity contribution in [2.45, 2.75) is 13.5 Å². The number of halogens is 2. The molecular formula is C20H25F2N5O. The molecule has 6 nitrogen and oxygen atoms in total. The molecule has 28 heavy (non-hydrogen) atoms. The number of piperazine rings is 1. The zero-order valence-corrected chi connectivity index (χ0v) is 16.1. The summed E-state index contributed by atoms with van der Waals surface area (Å²) in [6, 6.07) is 5.67. The SMILES string of the molecule is Cc1nc(N2CCOCC2)cc(N2CCN(Cc3cc(F)ccc3F)CC2)n1. The Bertz CT molecular complexity index is 820. The molecule has 0 unspecified atom stereocenters. The molecule has 150 valence electrons. The second-order valence-electron chi connectivity index (χ2n) is 7.23. The van der Waals surface area contributed by atoms with Crippen molar-refractivity contribution in [2.75, 3.05) is 62.3 Å². The van der Waals surface area contributed by atoms with Crippen LogP contribution in [0.3, 0.4) is 0 Å². The van der Waals surface area contributed by atoms with Gasteiger partial charge in [0.15, 0.2) is 0 Å². The van der Waals surface area contributed by atoms with Gasteiger partial charge in [-0.2, -0.15) is 0 Å². The van der Waals surface area contributed by atoms with E-state index in [0.29, 0.717) is 25.3 Å². The molecule has 2 aromatic rings. The minimum Gasteiger partial charge on any atom is -0.378 e. The highest BCUT2D eigenvalue weighted by Gasteiger charge is 2.21. The van der Waals surface area contributed by atoms with Crippen molar-refractivity contribution in [1.82, 2.24) is 14.9 Å². The smallest absolute Gasteiger partial charge is 0.134 e. The lowest BCUT2D eigenvalue weighted by Gasteiger charge is -2.36. The van der Waals surface area contributed by atoms with E-state index in [2.05, 4.69) is 24.7 Å². The molecule has 2 aliphatic heterocycles. The molecule has 8 heteroatoms. The molecule has 0 N–H and O–H groups in total. The highest BCUT2D eigenvalue weighted by atomic mass is 19.1. The summed E-state index contributed by atoms with van der Waals surface area (Å²) in [7, 11) is 0. The van der Waals surface area contributed by atoms with Gasteiger partial charge in [0.05, 0.1) is 13.2 Å². The zero-order chi connectivity index (χ0) is 19.5. The number of rotatable bonds is 4. The van der Waals surface area contributed by atoms with Gasteiger partial charge in [-0.3, -0.25) is 4.90 Å². The van der Waals surface area contributed by atoms with Gasteiger partial charge in [-0.05, 0) is 25.1 Å². The molecule has 2 fully saturated rings. The first-order chi connectivity index (χ1) is 13.6. The third kappa shape index (κ3) is 4.39. The number of aromatic nitrogens is 2. The van der Waals surface area contributed by atoms with Crippen molar-refractivity contribution >= 4 is 11.6 Å². The number of ether oxygens (including phenoxy) is 1. The fourth-order valence-corrected chi connectivity index (χ4v) is 3.69. The number of benzene rings is 1. The van der Waals surface area contributed by atoms with Crippen LogP contribution in [-0.2, 0) is 11.3 Å². The first-order valence-corrected chi connectivity index (χ1v) is 9.68. The maximum atomic E-state index is 13.9. The molecule has 1 aromatic carbocycles. The lowest BCUT2D eigenvalue weighted by atomic mass is 10.1. The minimum absolute atomic E-state index is 0.356. The Balaban J connectivity index is 1.40. The fraction of sp³-hybridized carbons (Fsp3) is 0.500. The van der Waals surface area contributed by atoms with E-state index in [1.54, 1.807) is 0 Å². The number of nitrogens with zero attached hydrogens (tertiary/aromatic N) is 5. The standard InChI is InChI=1S/C20H25F2N5O/c1-15-23-19(13-20(24-15)27-8-10-28-11-9-27)26-6-4-25(5-7-26)14-16-12-17(21)2-3-18(16)22/h2-3,12-13H,4-11,14H2,1H3. The Morgan fingerprint density at radius 2 is 1.54 bits per heavy atom. The van der Waals surface area contributed by atoms with Crippen molar-refractivity contribution in [3.8, 4) is 0 Å². The van der Waals surface area contributed by atoms with E-state index >= 15 is 0 Å². The molecule has 2 aliphatic rings. The third-order valence-electron chi connectivity index (χ3n) is 5.24. The van der Waals surface area contributed by atoms with Crippen LogP contribution < -0.4 is 9.80 Å².